The van der Waals surface area contributed by atoms with Crippen LogP contribution in [0.1, 0.15) is 39.0 Å². The fourth-order valence-electron chi connectivity index (χ4n) is 5.35. The molecule has 3 aromatic rings. The van der Waals surface area contributed by atoms with Crippen LogP contribution in [0.4, 0.5) is 22.9 Å². The molecule has 35 heavy (non-hydrogen) atoms. The van der Waals surface area contributed by atoms with Gasteiger partial charge in [-0.25, -0.2) is 4.98 Å². The van der Waals surface area contributed by atoms with Crippen LogP contribution < -0.4 is 26.1 Å². The van der Waals surface area contributed by atoms with Crippen LogP contribution in [0.3, 0.4) is 0 Å². The minimum atomic E-state index is -0.210. The number of aryl methyl sites for hydroxylation is 1. The number of benzene rings is 1. The molecule has 5 rings (SSSR count). The lowest BCUT2D eigenvalue weighted by Gasteiger charge is -2.28. The standard InChI is InChI=1S/C29H33N5O/c1-4-22-9-8-16-34(22)27-13-12-21(18-25(27)32-29(35)5-2)31-28-17-20(14-15-30-28)24-19-33(3)26-11-7-6-10-23(24)26/h5,10-15,17-19,22H,2,4,6-9,16H2,1,3H3,(H,30,31)(H,32,35). The Labute approximate surface area is 206 Å². The molecule has 6 heteroatoms. The van der Waals surface area contributed by atoms with Crippen molar-refractivity contribution in [2.45, 2.75) is 45.1 Å². The number of fused-ring (bicyclic) bond motifs is 1. The Morgan fingerprint density at radius 3 is 2.91 bits per heavy atom. The van der Waals surface area contributed by atoms with Crippen molar-refractivity contribution in [2.75, 3.05) is 22.1 Å². The first-order valence-corrected chi connectivity index (χ1v) is 12.5. The van der Waals surface area contributed by atoms with Crippen molar-refractivity contribution >= 4 is 40.9 Å². The molecule has 2 N–H and O–H groups in total. The molecule has 3 heterocycles. The second-order valence-corrected chi connectivity index (χ2v) is 9.32. The monoisotopic (exact) mass is 467 g/mol. The zero-order valence-electron chi connectivity index (χ0n) is 20.6. The van der Waals surface area contributed by atoms with Crippen molar-refractivity contribution in [3.8, 4) is 11.1 Å². The summed E-state index contributed by atoms with van der Waals surface area (Å²) >= 11 is 0. The van der Waals surface area contributed by atoms with E-state index in [4.69, 9.17) is 0 Å². The second kappa shape index (κ2) is 9.82. The highest BCUT2D eigenvalue weighted by atomic mass is 16.1. The lowest BCUT2D eigenvalue weighted by atomic mass is 10.0. The van der Waals surface area contributed by atoms with Crippen LogP contribution in [-0.2, 0) is 11.8 Å². The van der Waals surface area contributed by atoms with Crippen molar-refractivity contribution in [1.82, 2.24) is 9.55 Å². The number of hydrogen-bond donors (Lipinski definition) is 2. The highest BCUT2D eigenvalue weighted by molar-refractivity contribution is 6.01. The Kier molecular flexibility index (Phi) is 6.45. The highest BCUT2D eigenvalue weighted by Crippen LogP contribution is 2.36. The largest absolute Gasteiger partial charge is 0.367 e. The van der Waals surface area contributed by atoms with Gasteiger partial charge in [-0.2, -0.15) is 0 Å². The molecular formula is C29H33N5O. The molecule has 0 saturated carbocycles. The molecular weight excluding hydrogens is 434 g/mol. The van der Waals surface area contributed by atoms with Crippen molar-refractivity contribution in [2.24, 2.45) is 7.05 Å². The molecule has 1 unspecified atom stereocenters. The van der Waals surface area contributed by atoms with Gasteiger partial charge in [0, 0.05) is 53.8 Å². The molecule has 1 saturated heterocycles. The van der Waals surface area contributed by atoms with Gasteiger partial charge in [0.05, 0.1) is 11.4 Å². The number of anilines is 4. The quantitative estimate of drug-likeness (QED) is 0.495. The number of carbonyl (C=O) groups is 1. The van der Waals surface area contributed by atoms with E-state index in [1.165, 1.54) is 35.0 Å². The van der Waals surface area contributed by atoms with Crippen LogP contribution in [0.2, 0.25) is 0 Å². The van der Waals surface area contributed by atoms with Gasteiger partial charge in [-0.1, -0.05) is 25.7 Å². The Bertz CT molecular complexity index is 1390. The molecule has 1 atom stereocenters. The predicted octanol–water partition coefficient (Wildman–Crippen LogP) is 4.69. The molecule has 0 spiro atoms. The summed E-state index contributed by atoms with van der Waals surface area (Å²) in [5.74, 6) is 0.555. The molecule has 0 radical (unpaired) electrons. The number of rotatable bonds is 7. The number of nitrogens with one attached hydrogen (secondary N) is 2. The summed E-state index contributed by atoms with van der Waals surface area (Å²) in [7, 11) is 2.10. The normalized spacial score (nSPS) is 16.7. The maximum absolute atomic E-state index is 12.2. The summed E-state index contributed by atoms with van der Waals surface area (Å²) in [5.41, 5.74) is 5.07. The zero-order chi connectivity index (χ0) is 24.4. The summed E-state index contributed by atoms with van der Waals surface area (Å²) in [6.45, 7) is 6.84. The van der Waals surface area contributed by atoms with Crippen LogP contribution in [0.5, 0.6) is 0 Å². The van der Waals surface area contributed by atoms with E-state index in [0.717, 1.165) is 54.3 Å². The van der Waals surface area contributed by atoms with Crippen LogP contribution in [0.25, 0.3) is 23.3 Å². The van der Waals surface area contributed by atoms with E-state index in [1.54, 1.807) is 0 Å². The Hall–Kier alpha value is -3.80. The van der Waals surface area contributed by atoms with Gasteiger partial charge >= 0.3 is 0 Å². The third-order valence-corrected chi connectivity index (χ3v) is 7.06. The average Bonchev–Trinajstić information content (AvgIpc) is 3.49. The number of aromatic nitrogens is 2. The number of hydrogen-bond acceptors (Lipinski definition) is 4. The molecule has 1 aliphatic heterocycles. The van der Waals surface area contributed by atoms with Crippen LogP contribution in [0, 0.1) is 0 Å². The third kappa shape index (κ3) is 4.61. The van der Waals surface area contributed by atoms with Gasteiger partial charge in [0.2, 0.25) is 5.91 Å². The molecule has 6 nitrogen and oxygen atoms in total. The van der Waals surface area contributed by atoms with E-state index in [-0.39, 0.29) is 5.91 Å². The number of nitrogens with zero attached hydrogens (tertiary/aromatic N) is 3. The predicted molar refractivity (Wildman–Crippen MR) is 145 cm³/mol. The Morgan fingerprint density at radius 1 is 1.23 bits per heavy atom. The van der Waals surface area contributed by atoms with Crippen molar-refractivity contribution < 1.29 is 4.79 Å². The Morgan fingerprint density at radius 2 is 2.09 bits per heavy atom. The van der Waals surface area contributed by atoms with Gasteiger partial charge in [-0.05, 0) is 74.1 Å². The van der Waals surface area contributed by atoms with E-state index < -0.39 is 0 Å². The highest BCUT2D eigenvalue weighted by Gasteiger charge is 2.25. The molecule has 1 aromatic carbocycles. The smallest absolute Gasteiger partial charge is 0.247 e. The fourth-order valence-corrected chi connectivity index (χ4v) is 5.35. The lowest BCUT2D eigenvalue weighted by Crippen LogP contribution is -2.30. The van der Waals surface area contributed by atoms with Gasteiger partial charge in [0.25, 0.3) is 0 Å². The number of carbonyl (C=O) groups excluding carboxylic acids is 1. The summed E-state index contributed by atoms with van der Waals surface area (Å²) in [6.07, 6.45) is 15.6. The van der Waals surface area contributed by atoms with E-state index in [9.17, 15) is 4.79 Å². The molecule has 1 fully saturated rings. The van der Waals surface area contributed by atoms with Gasteiger partial charge < -0.3 is 20.1 Å². The van der Waals surface area contributed by atoms with Crippen LogP contribution >= 0.6 is 0 Å². The minimum Gasteiger partial charge on any atom is -0.367 e. The first-order valence-electron chi connectivity index (χ1n) is 12.5. The molecule has 2 aromatic heterocycles. The summed E-state index contributed by atoms with van der Waals surface area (Å²) in [4.78, 5) is 19.2. The van der Waals surface area contributed by atoms with Gasteiger partial charge in [0.15, 0.2) is 0 Å². The fraction of sp³-hybridized carbons (Fsp3) is 0.310. The van der Waals surface area contributed by atoms with Crippen LogP contribution in [0.15, 0.2) is 55.4 Å². The van der Waals surface area contributed by atoms with Gasteiger partial charge in [-0.15, -0.1) is 0 Å². The van der Waals surface area contributed by atoms with Crippen molar-refractivity contribution in [1.29, 1.82) is 0 Å². The first kappa shape index (κ1) is 23.0. The first-order chi connectivity index (χ1) is 17.1. The van der Waals surface area contributed by atoms with E-state index >= 15 is 0 Å². The molecule has 1 amide bonds. The number of pyridine rings is 1. The SMILES string of the molecule is C=CC(=O)Nc1cc(Nc2cc(-c3cn(C)c4c3=CCCC=4)ccn2)ccc1N1CCCC1CC. The summed E-state index contributed by atoms with van der Waals surface area (Å²) in [5, 5.41) is 9.03. The number of amides is 1. The lowest BCUT2D eigenvalue weighted by molar-refractivity contribution is -0.111. The van der Waals surface area contributed by atoms with Crippen molar-refractivity contribution in [3.05, 3.63) is 65.9 Å². The average molecular weight is 468 g/mol. The summed E-state index contributed by atoms with van der Waals surface area (Å²) in [6, 6.07) is 10.8. The van der Waals surface area contributed by atoms with Gasteiger partial charge in [0.1, 0.15) is 5.82 Å². The zero-order valence-corrected chi connectivity index (χ0v) is 20.6. The molecule has 2 aliphatic rings. The van der Waals surface area contributed by atoms with Crippen LogP contribution in [-0.4, -0.2) is 28.0 Å². The second-order valence-electron chi connectivity index (χ2n) is 9.32. The van der Waals surface area contributed by atoms with E-state index in [0.29, 0.717) is 6.04 Å². The van der Waals surface area contributed by atoms with E-state index in [1.807, 2.05) is 12.3 Å². The molecule has 180 valence electrons. The van der Waals surface area contributed by atoms with E-state index in [2.05, 4.69) is 88.2 Å². The Balaban J connectivity index is 1.46. The topological polar surface area (TPSA) is 62.2 Å². The van der Waals surface area contributed by atoms with Gasteiger partial charge in [-0.3, -0.25) is 4.79 Å². The minimum absolute atomic E-state index is 0.210. The molecule has 1 aliphatic carbocycles. The third-order valence-electron chi connectivity index (χ3n) is 7.06. The molecule has 0 bridgehead atoms. The van der Waals surface area contributed by atoms with Crippen molar-refractivity contribution in [3.63, 3.8) is 0 Å². The maximum Gasteiger partial charge on any atom is 0.247 e. The maximum atomic E-state index is 12.2. The summed E-state index contributed by atoms with van der Waals surface area (Å²) < 4.78 is 2.20.